The third-order valence-electron chi connectivity index (χ3n) is 3.99. The van der Waals surface area contributed by atoms with Gasteiger partial charge in [0.2, 0.25) is 0 Å². The number of hydrogen-bond acceptors (Lipinski definition) is 4. The molecule has 0 aromatic heterocycles. The van der Waals surface area contributed by atoms with Crippen LogP contribution in [0, 0.1) is 0 Å². The molecule has 2 rings (SSSR count). The second-order valence-corrected chi connectivity index (χ2v) is 9.48. The summed E-state index contributed by atoms with van der Waals surface area (Å²) in [5.74, 6) is 0. The Labute approximate surface area is 132 Å². The number of thioether (sulfide) groups is 1. The van der Waals surface area contributed by atoms with Gasteiger partial charge < -0.3 is 5.32 Å². The van der Waals surface area contributed by atoms with Crippen LogP contribution in [-0.4, -0.2) is 31.7 Å². The highest BCUT2D eigenvalue weighted by Crippen LogP contribution is 2.35. The summed E-state index contributed by atoms with van der Waals surface area (Å²) >= 11 is 1.83. The van der Waals surface area contributed by atoms with Crippen molar-refractivity contribution in [2.45, 2.75) is 54.5 Å². The molecule has 2 unspecified atom stereocenters. The number of hydrogen-bond donors (Lipinski definition) is 1. The van der Waals surface area contributed by atoms with Crippen LogP contribution in [0.5, 0.6) is 0 Å². The van der Waals surface area contributed by atoms with E-state index in [2.05, 4.69) is 36.5 Å². The minimum atomic E-state index is -2.89. The highest BCUT2D eigenvalue weighted by molar-refractivity contribution is 8.00. The highest BCUT2D eigenvalue weighted by Gasteiger charge is 2.29. The van der Waals surface area contributed by atoms with Crippen molar-refractivity contribution < 1.29 is 8.42 Å². The van der Waals surface area contributed by atoms with Crippen LogP contribution in [0.3, 0.4) is 0 Å². The standard InChI is InChI=1S/C16H25NO2S2/c1-3-17-12-13-7-9-14(10-8-13)20-15-5-4-6-16(11-15)21(2,18)19/h7-10,15-17H,3-6,11-12H2,1-2H3. The van der Waals surface area contributed by atoms with Gasteiger partial charge in [-0.15, -0.1) is 11.8 Å². The predicted octanol–water partition coefficient (Wildman–Crippen LogP) is 3.24. The molecule has 3 nitrogen and oxygen atoms in total. The van der Waals surface area contributed by atoms with E-state index in [0.29, 0.717) is 5.25 Å². The lowest BCUT2D eigenvalue weighted by Crippen LogP contribution is -2.28. The molecular weight excluding hydrogens is 302 g/mol. The first-order chi connectivity index (χ1) is 9.99. The summed E-state index contributed by atoms with van der Waals surface area (Å²) in [5, 5.41) is 3.60. The van der Waals surface area contributed by atoms with Crippen LogP contribution in [0.1, 0.15) is 38.2 Å². The maximum atomic E-state index is 11.7. The van der Waals surface area contributed by atoms with Crippen LogP contribution in [0.4, 0.5) is 0 Å². The summed E-state index contributed by atoms with van der Waals surface area (Å²) in [6.45, 7) is 3.98. The van der Waals surface area contributed by atoms with Gasteiger partial charge in [-0.1, -0.05) is 25.5 Å². The average molecular weight is 328 g/mol. The average Bonchev–Trinajstić information content (AvgIpc) is 2.46. The van der Waals surface area contributed by atoms with Crippen LogP contribution < -0.4 is 5.32 Å². The van der Waals surface area contributed by atoms with Gasteiger partial charge in [0.05, 0.1) is 5.25 Å². The molecule has 2 atom stereocenters. The molecule has 0 amide bonds. The topological polar surface area (TPSA) is 46.2 Å². The SMILES string of the molecule is CCNCc1ccc(SC2CCCC(S(C)(=O)=O)C2)cc1. The molecule has 1 fully saturated rings. The number of benzene rings is 1. The fourth-order valence-electron chi connectivity index (χ4n) is 2.75. The van der Waals surface area contributed by atoms with Crippen molar-refractivity contribution in [1.82, 2.24) is 5.32 Å². The summed E-state index contributed by atoms with van der Waals surface area (Å²) in [6.07, 6.45) is 5.14. The molecule has 1 aliphatic carbocycles. The van der Waals surface area contributed by atoms with Gasteiger partial charge in [0.1, 0.15) is 9.84 Å². The van der Waals surface area contributed by atoms with Crippen molar-refractivity contribution in [2.75, 3.05) is 12.8 Å². The van der Waals surface area contributed by atoms with Gasteiger partial charge in [0, 0.05) is 22.9 Å². The predicted molar refractivity (Wildman–Crippen MR) is 90.6 cm³/mol. The minimum Gasteiger partial charge on any atom is -0.313 e. The zero-order chi connectivity index (χ0) is 15.3. The first kappa shape index (κ1) is 16.8. The van der Waals surface area contributed by atoms with Crippen molar-refractivity contribution in [3.8, 4) is 0 Å². The summed E-state index contributed by atoms with van der Waals surface area (Å²) in [4.78, 5) is 1.24. The van der Waals surface area contributed by atoms with Crippen molar-refractivity contribution in [3.63, 3.8) is 0 Å². The Morgan fingerprint density at radius 3 is 2.57 bits per heavy atom. The van der Waals surface area contributed by atoms with E-state index in [1.165, 1.54) is 16.7 Å². The first-order valence-corrected chi connectivity index (χ1v) is 10.5. The lowest BCUT2D eigenvalue weighted by molar-refractivity contribution is 0.495. The lowest BCUT2D eigenvalue weighted by atomic mass is 10.00. The van der Waals surface area contributed by atoms with Gasteiger partial charge in [0.15, 0.2) is 0 Å². The number of rotatable bonds is 6. The minimum absolute atomic E-state index is 0.142. The second kappa shape index (κ2) is 7.65. The van der Waals surface area contributed by atoms with Crippen molar-refractivity contribution >= 4 is 21.6 Å². The molecule has 0 aliphatic heterocycles. The molecule has 0 heterocycles. The Morgan fingerprint density at radius 1 is 1.24 bits per heavy atom. The Kier molecular flexibility index (Phi) is 6.14. The Morgan fingerprint density at radius 2 is 1.95 bits per heavy atom. The maximum absolute atomic E-state index is 11.7. The highest BCUT2D eigenvalue weighted by atomic mass is 32.2. The Balaban J connectivity index is 1.92. The van der Waals surface area contributed by atoms with Crippen molar-refractivity contribution in [1.29, 1.82) is 0 Å². The number of sulfone groups is 1. The van der Waals surface area contributed by atoms with E-state index in [4.69, 9.17) is 0 Å². The Bertz CT molecular complexity index is 540. The van der Waals surface area contributed by atoms with Crippen LogP contribution in [-0.2, 0) is 16.4 Å². The van der Waals surface area contributed by atoms with E-state index in [9.17, 15) is 8.42 Å². The maximum Gasteiger partial charge on any atom is 0.150 e. The first-order valence-electron chi connectivity index (χ1n) is 7.64. The van der Waals surface area contributed by atoms with Gasteiger partial charge in [-0.25, -0.2) is 8.42 Å². The van der Waals surface area contributed by atoms with E-state index in [-0.39, 0.29) is 5.25 Å². The molecule has 0 bridgehead atoms. The molecule has 5 heteroatoms. The molecule has 1 aliphatic rings. The summed E-state index contributed by atoms with van der Waals surface area (Å²) in [7, 11) is -2.89. The van der Waals surface area contributed by atoms with Gasteiger partial charge >= 0.3 is 0 Å². The fraction of sp³-hybridized carbons (Fsp3) is 0.625. The quantitative estimate of drug-likeness (QED) is 0.871. The monoisotopic (exact) mass is 327 g/mol. The lowest BCUT2D eigenvalue weighted by Gasteiger charge is -2.27. The third kappa shape index (κ3) is 5.31. The van der Waals surface area contributed by atoms with Gasteiger partial charge in [-0.2, -0.15) is 0 Å². The fourth-order valence-corrected chi connectivity index (χ4v) is 5.34. The molecule has 118 valence electrons. The summed E-state index contributed by atoms with van der Waals surface area (Å²) < 4.78 is 23.4. The molecule has 0 spiro atoms. The number of nitrogens with one attached hydrogen (secondary N) is 1. The summed E-state index contributed by atoms with van der Waals surface area (Å²) in [5.41, 5.74) is 1.29. The smallest absolute Gasteiger partial charge is 0.150 e. The van der Waals surface area contributed by atoms with E-state index in [1.807, 2.05) is 11.8 Å². The van der Waals surface area contributed by atoms with Crippen LogP contribution in [0.15, 0.2) is 29.2 Å². The van der Waals surface area contributed by atoms with E-state index >= 15 is 0 Å². The molecule has 21 heavy (non-hydrogen) atoms. The molecule has 1 saturated carbocycles. The van der Waals surface area contributed by atoms with Gasteiger partial charge in [0.25, 0.3) is 0 Å². The molecule has 1 aromatic rings. The van der Waals surface area contributed by atoms with Crippen molar-refractivity contribution in [3.05, 3.63) is 29.8 Å². The normalized spacial score (nSPS) is 23.1. The molecule has 1 N–H and O–H groups in total. The van der Waals surface area contributed by atoms with Gasteiger partial charge in [-0.05, 0) is 43.5 Å². The zero-order valence-corrected chi connectivity index (χ0v) is 14.5. The van der Waals surface area contributed by atoms with E-state index in [0.717, 1.165) is 38.8 Å². The summed E-state index contributed by atoms with van der Waals surface area (Å²) in [6, 6.07) is 8.62. The van der Waals surface area contributed by atoms with Gasteiger partial charge in [-0.3, -0.25) is 0 Å². The van der Waals surface area contributed by atoms with Crippen LogP contribution >= 0.6 is 11.8 Å². The third-order valence-corrected chi connectivity index (χ3v) is 6.93. The van der Waals surface area contributed by atoms with Crippen molar-refractivity contribution in [2.24, 2.45) is 0 Å². The zero-order valence-electron chi connectivity index (χ0n) is 12.8. The van der Waals surface area contributed by atoms with E-state index < -0.39 is 9.84 Å². The van der Waals surface area contributed by atoms with Crippen LogP contribution in [0.2, 0.25) is 0 Å². The van der Waals surface area contributed by atoms with Crippen LogP contribution in [0.25, 0.3) is 0 Å². The molecule has 0 radical (unpaired) electrons. The second-order valence-electron chi connectivity index (χ2n) is 5.78. The van der Waals surface area contributed by atoms with E-state index in [1.54, 1.807) is 0 Å². The molecular formula is C16H25NO2S2. The molecule has 1 aromatic carbocycles. The Hall–Kier alpha value is -0.520. The largest absolute Gasteiger partial charge is 0.313 e. The molecule has 0 saturated heterocycles.